The molecule has 0 aliphatic rings. The fraction of sp³-hybridized carbons (Fsp3) is 0.824. The summed E-state index contributed by atoms with van der Waals surface area (Å²) in [6, 6.07) is -0.869. The quantitative estimate of drug-likeness (QED) is 0.0244. The first kappa shape index (κ1) is 58.5. The number of hydrogen-bond acceptors (Lipinski definition) is 5. The second-order valence-electron chi connectivity index (χ2n) is 18.2. The van der Waals surface area contributed by atoms with Crippen LogP contribution in [0.2, 0.25) is 0 Å². The Bertz CT molecular complexity index is 1120. The van der Waals surface area contributed by atoms with Crippen LogP contribution in [0.25, 0.3) is 0 Å². The van der Waals surface area contributed by atoms with Crippen molar-refractivity contribution in [2.24, 2.45) is 0 Å². The SMILES string of the molecule is CCCCCCC/C=C/CC/C=C/CC/C=C/C(O)C(COP(=O)(O)OCC[N+](C)(C)C)NC(=O)CCCCCCCCCCCCC/C=C\CCCCCCCCCC. The Balaban J connectivity index is 4.32. The van der Waals surface area contributed by atoms with E-state index in [4.69, 9.17) is 9.05 Å². The van der Waals surface area contributed by atoms with E-state index in [9.17, 15) is 19.4 Å². The summed E-state index contributed by atoms with van der Waals surface area (Å²) in [7, 11) is 1.54. The van der Waals surface area contributed by atoms with Crippen molar-refractivity contribution in [3.8, 4) is 0 Å². The highest BCUT2D eigenvalue weighted by atomic mass is 31.2. The monoisotopic (exact) mass is 866 g/mol. The van der Waals surface area contributed by atoms with Crippen LogP contribution in [-0.2, 0) is 18.4 Å². The van der Waals surface area contributed by atoms with Gasteiger partial charge in [0, 0.05) is 6.42 Å². The lowest BCUT2D eigenvalue weighted by atomic mass is 10.0. The molecule has 0 fully saturated rings. The van der Waals surface area contributed by atoms with Crippen LogP contribution in [-0.4, -0.2) is 73.4 Å². The summed E-state index contributed by atoms with van der Waals surface area (Å²) >= 11 is 0. The van der Waals surface area contributed by atoms with Crippen LogP contribution >= 0.6 is 7.82 Å². The summed E-state index contributed by atoms with van der Waals surface area (Å²) in [6.45, 7) is 4.77. The Morgan fingerprint density at radius 1 is 0.550 bits per heavy atom. The summed E-state index contributed by atoms with van der Waals surface area (Å²) in [6.07, 6.45) is 54.8. The van der Waals surface area contributed by atoms with Gasteiger partial charge in [0.25, 0.3) is 0 Å². The summed E-state index contributed by atoms with van der Waals surface area (Å²) in [5.74, 6) is -0.192. The number of aliphatic hydroxyl groups is 1. The maximum absolute atomic E-state index is 12.9. The molecule has 0 radical (unpaired) electrons. The number of aliphatic hydroxyl groups excluding tert-OH is 1. The number of nitrogens with one attached hydrogen (secondary N) is 1. The fourth-order valence-corrected chi connectivity index (χ4v) is 7.74. The largest absolute Gasteiger partial charge is 0.472 e. The predicted octanol–water partition coefficient (Wildman–Crippen LogP) is 14.4. The number of carbonyl (C=O) groups is 1. The lowest BCUT2D eigenvalue weighted by Crippen LogP contribution is -2.45. The van der Waals surface area contributed by atoms with Crippen LogP contribution < -0.4 is 5.32 Å². The topological polar surface area (TPSA) is 105 Å². The van der Waals surface area contributed by atoms with Crippen molar-refractivity contribution < 1.29 is 32.9 Å². The van der Waals surface area contributed by atoms with Crippen LogP contribution in [0.1, 0.15) is 219 Å². The lowest BCUT2D eigenvalue weighted by Gasteiger charge is -2.25. The minimum absolute atomic E-state index is 0.0528. The number of carbonyl (C=O) groups excluding carboxylic acids is 1. The van der Waals surface area contributed by atoms with Gasteiger partial charge in [0.2, 0.25) is 5.91 Å². The molecule has 0 aromatic rings. The van der Waals surface area contributed by atoms with Gasteiger partial charge in [-0.05, 0) is 70.6 Å². The molecule has 60 heavy (non-hydrogen) atoms. The van der Waals surface area contributed by atoms with E-state index in [0.29, 0.717) is 17.4 Å². The van der Waals surface area contributed by atoms with E-state index in [1.54, 1.807) is 6.08 Å². The van der Waals surface area contributed by atoms with Crippen molar-refractivity contribution in [1.82, 2.24) is 5.32 Å². The summed E-state index contributed by atoms with van der Waals surface area (Å²) in [5.41, 5.74) is 0. The van der Waals surface area contributed by atoms with Gasteiger partial charge in [-0.2, -0.15) is 0 Å². The zero-order valence-electron chi connectivity index (χ0n) is 39.9. The molecule has 0 spiro atoms. The first-order chi connectivity index (χ1) is 29.0. The number of phosphoric ester groups is 1. The molecule has 8 nitrogen and oxygen atoms in total. The van der Waals surface area contributed by atoms with E-state index in [2.05, 4.69) is 55.6 Å². The van der Waals surface area contributed by atoms with Crippen LogP contribution in [0.4, 0.5) is 0 Å². The smallest absolute Gasteiger partial charge is 0.387 e. The maximum Gasteiger partial charge on any atom is 0.472 e. The van der Waals surface area contributed by atoms with Crippen LogP contribution in [0.5, 0.6) is 0 Å². The zero-order valence-corrected chi connectivity index (χ0v) is 40.8. The van der Waals surface area contributed by atoms with Crippen LogP contribution in [0, 0.1) is 0 Å². The van der Waals surface area contributed by atoms with Gasteiger partial charge in [-0.1, -0.05) is 191 Å². The number of nitrogens with zero attached hydrogens (tertiary/aromatic N) is 1. The Morgan fingerprint density at radius 3 is 1.33 bits per heavy atom. The van der Waals surface area contributed by atoms with Crippen molar-refractivity contribution in [2.45, 2.75) is 231 Å². The molecule has 0 heterocycles. The number of quaternary nitrogens is 1. The Morgan fingerprint density at radius 2 is 0.917 bits per heavy atom. The lowest BCUT2D eigenvalue weighted by molar-refractivity contribution is -0.870. The molecule has 3 unspecified atom stereocenters. The highest BCUT2D eigenvalue weighted by Crippen LogP contribution is 2.43. The Kier molecular flexibility index (Phi) is 41.6. The fourth-order valence-electron chi connectivity index (χ4n) is 7.01. The van der Waals surface area contributed by atoms with Gasteiger partial charge in [-0.3, -0.25) is 13.8 Å². The molecule has 0 aliphatic heterocycles. The van der Waals surface area contributed by atoms with Crippen molar-refractivity contribution in [3.05, 3.63) is 48.6 Å². The summed E-state index contributed by atoms with van der Waals surface area (Å²) in [4.78, 5) is 23.2. The Hall–Kier alpha value is -1.54. The second-order valence-corrected chi connectivity index (χ2v) is 19.6. The van der Waals surface area contributed by atoms with E-state index in [1.807, 2.05) is 27.2 Å². The summed E-state index contributed by atoms with van der Waals surface area (Å²) < 4.78 is 23.6. The van der Waals surface area contributed by atoms with E-state index in [-0.39, 0.29) is 19.1 Å². The van der Waals surface area contributed by atoms with Gasteiger partial charge in [-0.25, -0.2) is 4.57 Å². The first-order valence-corrected chi connectivity index (χ1v) is 26.5. The third-order valence-electron chi connectivity index (χ3n) is 11.0. The van der Waals surface area contributed by atoms with Gasteiger partial charge in [0.1, 0.15) is 13.2 Å². The number of likely N-dealkylation sites (N-methyl/N-ethyl adjacent to an activating group) is 1. The van der Waals surface area contributed by atoms with E-state index in [1.165, 1.54) is 154 Å². The molecular weight excluding hydrogens is 768 g/mol. The van der Waals surface area contributed by atoms with Crippen molar-refractivity contribution in [1.29, 1.82) is 0 Å². The third-order valence-corrected chi connectivity index (χ3v) is 12.0. The van der Waals surface area contributed by atoms with Gasteiger partial charge in [0.15, 0.2) is 0 Å². The molecular formula is C51H98N2O6P+. The van der Waals surface area contributed by atoms with Crippen LogP contribution in [0.15, 0.2) is 48.6 Å². The van der Waals surface area contributed by atoms with Crippen molar-refractivity contribution in [2.75, 3.05) is 40.9 Å². The van der Waals surface area contributed by atoms with Gasteiger partial charge in [0.05, 0.1) is 39.9 Å². The van der Waals surface area contributed by atoms with Gasteiger partial charge < -0.3 is 19.8 Å². The molecule has 9 heteroatoms. The standard InChI is InChI=1S/C51H97N2O6P/c1-6-8-10-12-14-16-18-20-22-23-24-25-26-27-28-29-31-33-35-37-39-41-43-45-51(55)52-49(48-59-60(56,57)58-47-46-53(3,4)5)50(54)44-42-40-38-36-34-32-30-21-19-17-15-13-11-9-7-2/h19,21,23-24,34,36,42,44,49-50,54H,6-18,20,22,25-33,35,37-41,43,45-48H2,1-5H3,(H-,52,55,56,57)/p+1/b21-19+,24-23-,36-34+,44-42+. The van der Waals surface area contributed by atoms with Gasteiger partial charge in [-0.15, -0.1) is 0 Å². The first-order valence-electron chi connectivity index (χ1n) is 25.0. The van der Waals surface area contributed by atoms with E-state index >= 15 is 0 Å². The number of hydrogen-bond donors (Lipinski definition) is 3. The van der Waals surface area contributed by atoms with E-state index < -0.39 is 20.0 Å². The van der Waals surface area contributed by atoms with Crippen molar-refractivity contribution >= 4 is 13.7 Å². The average molecular weight is 866 g/mol. The molecule has 0 aromatic carbocycles. The highest BCUT2D eigenvalue weighted by Gasteiger charge is 2.27. The van der Waals surface area contributed by atoms with Crippen molar-refractivity contribution in [3.63, 3.8) is 0 Å². The molecule has 0 saturated carbocycles. The average Bonchev–Trinajstić information content (AvgIpc) is 3.20. The number of allylic oxidation sites excluding steroid dienone is 7. The minimum atomic E-state index is -4.35. The molecule has 0 bridgehead atoms. The normalized spacial score (nSPS) is 14.6. The number of phosphoric acid groups is 1. The van der Waals surface area contributed by atoms with E-state index in [0.717, 1.165) is 44.9 Å². The minimum Gasteiger partial charge on any atom is -0.387 e. The molecule has 0 aromatic heterocycles. The maximum atomic E-state index is 12.9. The summed E-state index contributed by atoms with van der Waals surface area (Å²) in [5, 5.41) is 13.8. The molecule has 352 valence electrons. The molecule has 3 atom stereocenters. The number of rotatable bonds is 45. The zero-order chi connectivity index (χ0) is 44.3. The number of unbranched alkanes of at least 4 members (excludes halogenated alkanes) is 26. The molecule has 1 amide bonds. The third kappa shape index (κ3) is 44.5. The molecule has 0 saturated heterocycles. The Labute approximate surface area is 371 Å². The molecule has 0 rings (SSSR count). The number of amides is 1. The van der Waals surface area contributed by atoms with Gasteiger partial charge >= 0.3 is 7.82 Å². The van der Waals surface area contributed by atoms with Crippen LogP contribution in [0.3, 0.4) is 0 Å². The molecule has 3 N–H and O–H groups in total. The highest BCUT2D eigenvalue weighted by molar-refractivity contribution is 7.47. The molecule has 0 aliphatic carbocycles. The second kappa shape index (κ2) is 42.7. The predicted molar refractivity (Wildman–Crippen MR) is 258 cm³/mol.